The molecule has 1 aromatic rings. The van der Waals surface area contributed by atoms with Gasteiger partial charge in [-0.05, 0) is 42.5 Å². The Kier molecular flexibility index (Phi) is 5.66. The molecule has 0 heterocycles. The molecule has 1 aliphatic carbocycles. The number of hydrogen-bond acceptors (Lipinski definition) is 3. The van der Waals surface area contributed by atoms with Crippen LogP contribution in [-0.4, -0.2) is 13.1 Å². The van der Waals surface area contributed by atoms with Crippen molar-refractivity contribution in [3.05, 3.63) is 34.4 Å². The maximum Gasteiger partial charge on any atom is 0.338 e. The van der Waals surface area contributed by atoms with E-state index in [0.717, 1.165) is 18.4 Å². The predicted molar refractivity (Wildman–Crippen MR) is 71.7 cm³/mol. The smallest absolute Gasteiger partial charge is 0.338 e. The minimum Gasteiger partial charge on any atom is -0.465 e. The van der Waals surface area contributed by atoms with Gasteiger partial charge in [0.15, 0.2) is 0 Å². The van der Waals surface area contributed by atoms with Crippen LogP contribution in [0.15, 0.2) is 12.1 Å². The van der Waals surface area contributed by atoms with Crippen molar-refractivity contribution < 1.29 is 9.53 Å². The third kappa shape index (κ3) is 2.61. The Morgan fingerprint density at radius 2 is 2.12 bits per heavy atom. The Bertz CT molecular complexity index is 418. The van der Waals surface area contributed by atoms with E-state index in [2.05, 4.69) is 0 Å². The number of carbonyl (C=O) groups is 1. The molecule has 0 spiro atoms. The van der Waals surface area contributed by atoms with Crippen molar-refractivity contribution in [1.29, 1.82) is 0 Å². The summed E-state index contributed by atoms with van der Waals surface area (Å²) in [4.78, 5) is 11.5. The lowest BCUT2D eigenvalue weighted by Gasteiger charge is -2.10. The number of nitrogens with two attached hydrogens (primary N) is 1. The number of rotatable bonds is 1. The van der Waals surface area contributed by atoms with Crippen molar-refractivity contribution in [3.63, 3.8) is 0 Å². The number of esters is 1. The van der Waals surface area contributed by atoms with E-state index in [1.165, 1.54) is 18.2 Å². The van der Waals surface area contributed by atoms with E-state index >= 15 is 0 Å². The van der Waals surface area contributed by atoms with Crippen LogP contribution in [0.5, 0.6) is 0 Å². The monoisotopic (exact) mass is 257 g/mol. The van der Waals surface area contributed by atoms with Crippen molar-refractivity contribution >= 4 is 18.4 Å². The Morgan fingerprint density at radius 3 is 2.71 bits per heavy atom. The number of fused-ring (bicyclic) bond motifs is 1. The molecule has 1 aliphatic rings. The van der Waals surface area contributed by atoms with Crippen molar-refractivity contribution in [2.45, 2.75) is 33.2 Å². The number of carbonyl (C=O) groups excluding carboxylic acids is 1. The van der Waals surface area contributed by atoms with Crippen LogP contribution in [0.4, 0.5) is 0 Å². The van der Waals surface area contributed by atoms with Gasteiger partial charge in [0.2, 0.25) is 0 Å². The molecule has 0 unspecified atom stereocenters. The van der Waals surface area contributed by atoms with Gasteiger partial charge in [0.25, 0.3) is 0 Å². The number of methoxy groups -OCH3 is 1. The fourth-order valence-electron chi connectivity index (χ4n) is 2.24. The highest BCUT2D eigenvalue weighted by atomic mass is 35.5. The highest BCUT2D eigenvalue weighted by Gasteiger charge is 2.23. The van der Waals surface area contributed by atoms with E-state index in [1.54, 1.807) is 0 Å². The zero-order valence-electron chi connectivity index (χ0n) is 9.45. The van der Waals surface area contributed by atoms with E-state index in [1.807, 2.05) is 19.1 Å². The van der Waals surface area contributed by atoms with Gasteiger partial charge in [-0.3, -0.25) is 0 Å². The number of ether oxygens (including phenoxy) is 1. The van der Waals surface area contributed by atoms with Crippen LogP contribution >= 0.6 is 12.4 Å². The molecule has 1 aromatic carbocycles. The molecular formula is C13H20ClNO2. The first-order chi connectivity index (χ1) is 7.15. The summed E-state index contributed by atoms with van der Waals surface area (Å²) in [5, 5.41) is 0. The predicted octanol–water partition coefficient (Wildman–Crippen LogP) is 2.79. The molecule has 0 bridgehead atoms. The second-order valence-corrected chi connectivity index (χ2v) is 3.94. The van der Waals surface area contributed by atoms with Crippen molar-refractivity contribution in [1.82, 2.24) is 0 Å². The van der Waals surface area contributed by atoms with Gasteiger partial charge in [-0.25, -0.2) is 4.79 Å². The molecule has 0 amide bonds. The second-order valence-electron chi connectivity index (χ2n) is 3.94. The molecule has 0 saturated heterocycles. The van der Waals surface area contributed by atoms with E-state index < -0.39 is 0 Å². The summed E-state index contributed by atoms with van der Waals surface area (Å²) in [6, 6.07) is 3.89. The highest BCUT2D eigenvalue weighted by molar-refractivity contribution is 5.91. The van der Waals surface area contributed by atoms with Crippen LogP contribution < -0.4 is 5.73 Å². The lowest BCUT2D eigenvalue weighted by Crippen LogP contribution is -2.08. The van der Waals surface area contributed by atoms with Gasteiger partial charge in [-0.1, -0.05) is 13.5 Å². The summed E-state index contributed by atoms with van der Waals surface area (Å²) >= 11 is 0. The molecule has 4 heteroatoms. The van der Waals surface area contributed by atoms with Crippen LogP contribution in [0, 0.1) is 6.92 Å². The first-order valence-corrected chi connectivity index (χ1v) is 5.11. The van der Waals surface area contributed by atoms with Gasteiger partial charge in [0, 0.05) is 6.04 Å². The Morgan fingerprint density at radius 1 is 1.47 bits per heavy atom. The first kappa shape index (κ1) is 15.9. The van der Waals surface area contributed by atoms with Crippen molar-refractivity contribution in [2.24, 2.45) is 5.73 Å². The zero-order chi connectivity index (χ0) is 11.0. The van der Waals surface area contributed by atoms with Gasteiger partial charge in [-0.15, -0.1) is 12.4 Å². The lowest BCUT2D eigenvalue weighted by atomic mass is 9.98. The minimum absolute atomic E-state index is 0. The van der Waals surface area contributed by atoms with Gasteiger partial charge >= 0.3 is 5.97 Å². The average molecular weight is 258 g/mol. The number of hydrogen-bond donors (Lipinski definition) is 1. The summed E-state index contributed by atoms with van der Waals surface area (Å²) in [6.45, 7) is 1.96. The highest BCUT2D eigenvalue weighted by Crippen LogP contribution is 2.33. The lowest BCUT2D eigenvalue weighted by molar-refractivity contribution is 0.0600. The molecule has 2 N–H and O–H groups in total. The SMILES string of the molecule is C.COC(=O)c1ccc2c(c1C)CC[C@@H]2N.Cl. The summed E-state index contributed by atoms with van der Waals surface area (Å²) in [5.74, 6) is -0.268. The molecule has 96 valence electrons. The molecule has 2 rings (SSSR count). The van der Waals surface area contributed by atoms with E-state index in [9.17, 15) is 4.79 Å². The fourth-order valence-corrected chi connectivity index (χ4v) is 2.24. The van der Waals surface area contributed by atoms with Crippen LogP contribution in [0.2, 0.25) is 0 Å². The molecule has 0 fully saturated rings. The molecule has 0 radical (unpaired) electrons. The molecule has 0 aliphatic heterocycles. The van der Waals surface area contributed by atoms with E-state index in [0.29, 0.717) is 5.56 Å². The summed E-state index contributed by atoms with van der Waals surface area (Å²) in [7, 11) is 1.40. The molecule has 0 saturated carbocycles. The third-order valence-corrected chi connectivity index (χ3v) is 3.14. The molecule has 3 nitrogen and oxygen atoms in total. The molecule has 0 aromatic heterocycles. The normalized spacial score (nSPS) is 16.5. The van der Waals surface area contributed by atoms with Gasteiger partial charge in [0.05, 0.1) is 12.7 Å². The summed E-state index contributed by atoms with van der Waals surface area (Å²) < 4.78 is 4.73. The summed E-state index contributed by atoms with van der Waals surface area (Å²) in [6.07, 6.45) is 1.94. The van der Waals surface area contributed by atoms with Crippen molar-refractivity contribution in [3.8, 4) is 0 Å². The Balaban J connectivity index is 0.00000128. The maximum atomic E-state index is 11.5. The van der Waals surface area contributed by atoms with Gasteiger partial charge in [0.1, 0.15) is 0 Å². The largest absolute Gasteiger partial charge is 0.465 e. The number of benzene rings is 1. The molecule has 17 heavy (non-hydrogen) atoms. The first-order valence-electron chi connectivity index (χ1n) is 5.11. The van der Waals surface area contributed by atoms with Gasteiger partial charge < -0.3 is 10.5 Å². The standard InChI is InChI=1S/C12H15NO2.CH4.ClH/c1-7-8-5-6-11(13)10(8)4-3-9(7)12(14)15-2;;/h3-4,11H,5-6,13H2,1-2H3;1H4;1H/t11-;;/m0../s1. The second kappa shape index (κ2) is 6.03. The third-order valence-electron chi connectivity index (χ3n) is 3.14. The number of halogens is 1. The van der Waals surface area contributed by atoms with Gasteiger partial charge in [-0.2, -0.15) is 0 Å². The Hall–Kier alpha value is -1.06. The van der Waals surface area contributed by atoms with Crippen LogP contribution in [0.1, 0.15) is 46.9 Å². The van der Waals surface area contributed by atoms with Crippen LogP contribution in [0.25, 0.3) is 0 Å². The maximum absolute atomic E-state index is 11.5. The van der Waals surface area contributed by atoms with E-state index in [-0.39, 0.29) is 31.8 Å². The Labute approximate surface area is 109 Å². The van der Waals surface area contributed by atoms with E-state index in [4.69, 9.17) is 10.5 Å². The zero-order valence-corrected chi connectivity index (χ0v) is 10.3. The average Bonchev–Trinajstić information content (AvgIpc) is 2.61. The fraction of sp³-hybridized carbons (Fsp3) is 0.462. The van der Waals surface area contributed by atoms with Crippen molar-refractivity contribution in [2.75, 3.05) is 7.11 Å². The minimum atomic E-state index is -0.268. The summed E-state index contributed by atoms with van der Waals surface area (Å²) in [5.41, 5.74) is 10.0. The molecule has 1 atom stereocenters. The molecular weight excluding hydrogens is 238 g/mol. The van der Waals surface area contributed by atoms with Crippen LogP contribution in [0.3, 0.4) is 0 Å². The quantitative estimate of drug-likeness (QED) is 0.787. The topological polar surface area (TPSA) is 52.3 Å². The van der Waals surface area contributed by atoms with Crippen LogP contribution in [-0.2, 0) is 11.2 Å².